The fourth-order valence-corrected chi connectivity index (χ4v) is 2.90. The van der Waals surface area contributed by atoms with Crippen LogP contribution in [-0.4, -0.2) is 29.0 Å². The molecular formula is C16H20FNO4. The summed E-state index contributed by atoms with van der Waals surface area (Å²) >= 11 is 0. The van der Waals surface area contributed by atoms with E-state index in [2.05, 4.69) is 0 Å². The normalized spacial score (nSPS) is 18.0. The van der Waals surface area contributed by atoms with Gasteiger partial charge >= 0.3 is 5.97 Å². The topological polar surface area (TPSA) is 66.8 Å². The maximum atomic E-state index is 14.3. The fraction of sp³-hybridized carbons (Fsp3) is 0.500. The lowest BCUT2D eigenvalue weighted by atomic mass is 9.99. The Morgan fingerprint density at radius 2 is 2.18 bits per heavy atom. The zero-order valence-electron chi connectivity index (χ0n) is 13.1. The van der Waals surface area contributed by atoms with Gasteiger partial charge in [-0.2, -0.15) is 0 Å². The standard InChI is InChI=1S/C16H20FNO4/c1-8(16(20)21)5-14(19)18-7-11-9(2)13(22-4)6-12(17)15(11)10(18)3/h6,8,10H,5,7H2,1-4H3,(H,20,21)/t8-,10?/m0/s1. The number of aliphatic carboxylic acids is 1. The number of carboxylic acids is 1. The van der Waals surface area contributed by atoms with E-state index in [1.807, 2.05) is 6.92 Å². The van der Waals surface area contributed by atoms with E-state index in [1.54, 1.807) is 6.92 Å². The summed E-state index contributed by atoms with van der Waals surface area (Å²) in [6.07, 6.45) is -0.0918. The SMILES string of the molecule is COc1cc(F)c2c(c1C)CN(C(=O)C[C@H](C)C(=O)O)C2C. The third-order valence-corrected chi connectivity index (χ3v) is 4.32. The number of hydrogen-bond acceptors (Lipinski definition) is 3. The molecule has 5 nitrogen and oxygen atoms in total. The molecule has 1 aromatic rings. The quantitative estimate of drug-likeness (QED) is 0.928. The summed E-state index contributed by atoms with van der Waals surface area (Å²) in [5.74, 6) is -2.00. The first-order chi connectivity index (χ1) is 10.3. The smallest absolute Gasteiger partial charge is 0.306 e. The van der Waals surface area contributed by atoms with Crippen LogP contribution in [0.2, 0.25) is 0 Å². The van der Waals surface area contributed by atoms with E-state index in [0.717, 1.165) is 11.1 Å². The van der Waals surface area contributed by atoms with Gasteiger partial charge in [0.05, 0.1) is 19.1 Å². The van der Waals surface area contributed by atoms with Gasteiger partial charge in [-0.1, -0.05) is 6.92 Å². The monoisotopic (exact) mass is 309 g/mol. The summed E-state index contributed by atoms with van der Waals surface area (Å²) in [4.78, 5) is 24.7. The summed E-state index contributed by atoms with van der Waals surface area (Å²) in [6, 6.07) is 0.923. The largest absolute Gasteiger partial charge is 0.496 e. The van der Waals surface area contributed by atoms with E-state index >= 15 is 0 Å². The van der Waals surface area contributed by atoms with Gasteiger partial charge in [-0.3, -0.25) is 9.59 Å². The molecule has 0 saturated carbocycles. The predicted octanol–water partition coefficient (Wildman–Crippen LogP) is 2.66. The molecule has 22 heavy (non-hydrogen) atoms. The Hall–Kier alpha value is -2.11. The number of carbonyl (C=O) groups excluding carboxylic acids is 1. The molecule has 1 aliphatic heterocycles. The lowest BCUT2D eigenvalue weighted by Gasteiger charge is -2.23. The van der Waals surface area contributed by atoms with Crippen LogP contribution in [0.1, 0.15) is 43.0 Å². The molecule has 1 unspecified atom stereocenters. The molecule has 1 aromatic carbocycles. The highest BCUT2D eigenvalue weighted by Gasteiger charge is 2.35. The van der Waals surface area contributed by atoms with Crippen molar-refractivity contribution in [3.63, 3.8) is 0 Å². The molecule has 1 aliphatic rings. The molecule has 6 heteroatoms. The summed E-state index contributed by atoms with van der Waals surface area (Å²) in [6.45, 7) is 5.35. The molecule has 0 aromatic heterocycles. The van der Waals surface area contributed by atoms with Crippen molar-refractivity contribution in [2.75, 3.05) is 7.11 Å². The number of amides is 1. The van der Waals surface area contributed by atoms with Crippen molar-refractivity contribution in [2.24, 2.45) is 5.92 Å². The maximum Gasteiger partial charge on any atom is 0.306 e. The molecule has 0 radical (unpaired) electrons. The van der Waals surface area contributed by atoms with Crippen LogP contribution in [0.3, 0.4) is 0 Å². The molecule has 0 fully saturated rings. The number of nitrogens with zero attached hydrogens (tertiary/aromatic N) is 1. The van der Waals surface area contributed by atoms with Crippen LogP contribution in [-0.2, 0) is 16.1 Å². The first kappa shape index (κ1) is 16.3. The average molecular weight is 309 g/mol. The lowest BCUT2D eigenvalue weighted by Crippen LogP contribution is -2.31. The number of benzene rings is 1. The Labute approximate surface area is 128 Å². The number of methoxy groups -OCH3 is 1. The molecular weight excluding hydrogens is 289 g/mol. The van der Waals surface area contributed by atoms with Crippen molar-refractivity contribution in [3.8, 4) is 5.75 Å². The van der Waals surface area contributed by atoms with Gasteiger partial charge in [0.15, 0.2) is 0 Å². The number of carboxylic acid groups (broad SMARTS) is 1. The highest BCUT2D eigenvalue weighted by molar-refractivity contribution is 5.83. The molecule has 1 N–H and O–H groups in total. The van der Waals surface area contributed by atoms with Crippen molar-refractivity contribution >= 4 is 11.9 Å². The number of fused-ring (bicyclic) bond motifs is 1. The minimum Gasteiger partial charge on any atom is -0.496 e. The van der Waals surface area contributed by atoms with E-state index in [-0.39, 0.29) is 18.9 Å². The van der Waals surface area contributed by atoms with Crippen LogP contribution >= 0.6 is 0 Å². The molecule has 0 aliphatic carbocycles. The third kappa shape index (κ3) is 2.65. The van der Waals surface area contributed by atoms with Crippen LogP contribution in [0.4, 0.5) is 4.39 Å². The highest BCUT2D eigenvalue weighted by atomic mass is 19.1. The second kappa shape index (κ2) is 5.94. The zero-order valence-corrected chi connectivity index (χ0v) is 13.1. The van der Waals surface area contributed by atoms with Crippen LogP contribution in [0.5, 0.6) is 5.75 Å². The van der Waals surface area contributed by atoms with Gasteiger partial charge in [0.25, 0.3) is 0 Å². The molecule has 0 saturated heterocycles. The van der Waals surface area contributed by atoms with E-state index in [4.69, 9.17) is 9.84 Å². The van der Waals surface area contributed by atoms with Gasteiger partial charge in [0.1, 0.15) is 11.6 Å². The highest BCUT2D eigenvalue weighted by Crippen LogP contribution is 2.40. The first-order valence-electron chi connectivity index (χ1n) is 7.16. The summed E-state index contributed by atoms with van der Waals surface area (Å²) < 4.78 is 19.4. The Kier molecular flexibility index (Phi) is 4.39. The Bertz CT molecular complexity index is 629. The van der Waals surface area contributed by atoms with Gasteiger partial charge in [-0.25, -0.2) is 4.39 Å². The van der Waals surface area contributed by atoms with E-state index in [0.29, 0.717) is 11.3 Å². The third-order valence-electron chi connectivity index (χ3n) is 4.32. The van der Waals surface area contributed by atoms with Crippen molar-refractivity contribution in [1.82, 2.24) is 4.90 Å². The van der Waals surface area contributed by atoms with Gasteiger partial charge in [0.2, 0.25) is 5.91 Å². The minimum absolute atomic E-state index is 0.0918. The van der Waals surface area contributed by atoms with Crippen molar-refractivity contribution in [1.29, 1.82) is 0 Å². The summed E-state index contributed by atoms with van der Waals surface area (Å²) in [5.41, 5.74) is 2.06. The van der Waals surface area contributed by atoms with Crippen LogP contribution in [0.25, 0.3) is 0 Å². The molecule has 120 valence electrons. The van der Waals surface area contributed by atoms with Gasteiger partial charge < -0.3 is 14.7 Å². The molecule has 2 atom stereocenters. The minimum atomic E-state index is -1.01. The Balaban J connectivity index is 2.30. The number of halogens is 1. The Morgan fingerprint density at radius 3 is 2.73 bits per heavy atom. The average Bonchev–Trinajstić information content (AvgIpc) is 2.81. The fourth-order valence-electron chi connectivity index (χ4n) is 2.90. The van der Waals surface area contributed by atoms with E-state index < -0.39 is 23.7 Å². The predicted molar refractivity (Wildman–Crippen MR) is 78.1 cm³/mol. The van der Waals surface area contributed by atoms with Crippen LogP contribution < -0.4 is 4.74 Å². The van der Waals surface area contributed by atoms with Gasteiger partial charge in [-0.15, -0.1) is 0 Å². The van der Waals surface area contributed by atoms with Crippen molar-refractivity contribution < 1.29 is 23.8 Å². The maximum absolute atomic E-state index is 14.3. The molecule has 1 heterocycles. The zero-order chi connectivity index (χ0) is 16.6. The van der Waals surface area contributed by atoms with Crippen molar-refractivity contribution in [3.05, 3.63) is 28.6 Å². The lowest BCUT2D eigenvalue weighted by molar-refractivity contribution is -0.146. The van der Waals surface area contributed by atoms with Crippen LogP contribution in [0, 0.1) is 18.7 Å². The van der Waals surface area contributed by atoms with Gasteiger partial charge in [-0.05, 0) is 25.0 Å². The number of hydrogen-bond donors (Lipinski definition) is 1. The van der Waals surface area contributed by atoms with Crippen LogP contribution in [0.15, 0.2) is 6.07 Å². The molecule has 1 amide bonds. The second-order valence-corrected chi connectivity index (χ2v) is 5.72. The van der Waals surface area contributed by atoms with Crippen molar-refractivity contribution in [2.45, 2.75) is 39.8 Å². The number of rotatable bonds is 4. The summed E-state index contributed by atoms with van der Waals surface area (Å²) in [5, 5.41) is 8.92. The number of ether oxygens (including phenoxy) is 1. The second-order valence-electron chi connectivity index (χ2n) is 5.72. The molecule has 0 spiro atoms. The van der Waals surface area contributed by atoms with E-state index in [9.17, 15) is 14.0 Å². The molecule has 2 rings (SSSR count). The molecule has 0 bridgehead atoms. The van der Waals surface area contributed by atoms with Gasteiger partial charge in [0, 0.05) is 24.6 Å². The number of carbonyl (C=O) groups is 2. The van der Waals surface area contributed by atoms with E-state index in [1.165, 1.54) is 25.0 Å². The summed E-state index contributed by atoms with van der Waals surface area (Å²) in [7, 11) is 1.48. The Morgan fingerprint density at radius 1 is 1.55 bits per heavy atom. The first-order valence-corrected chi connectivity index (χ1v) is 7.16.